The van der Waals surface area contributed by atoms with E-state index in [-0.39, 0.29) is 17.3 Å². The van der Waals surface area contributed by atoms with Crippen molar-refractivity contribution in [1.29, 1.82) is 0 Å². The molecule has 7 heteroatoms. The second-order valence-electron chi connectivity index (χ2n) is 3.38. The maximum atomic E-state index is 11.6. The molecule has 1 rings (SSSR count). The van der Waals surface area contributed by atoms with E-state index in [9.17, 15) is 4.79 Å². The number of halogens is 1. The number of ether oxygens (including phenoxy) is 2. The number of anilines is 1. The Balaban J connectivity index is 2.99. The molecule has 0 fully saturated rings. The summed E-state index contributed by atoms with van der Waals surface area (Å²) in [5.41, 5.74) is 5.74. The van der Waals surface area contributed by atoms with E-state index in [1.807, 2.05) is 0 Å². The van der Waals surface area contributed by atoms with E-state index in [4.69, 9.17) is 26.8 Å². The molecule has 98 valence electrons. The Morgan fingerprint density at radius 3 is 2.50 bits per heavy atom. The molecule has 0 aliphatic heterocycles. The van der Waals surface area contributed by atoms with Crippen LogP contribution in [0.4, 0.5) is 5.69 Å². The maximum Gasteiger partial charge on any atom is 0.231 e. The van der Waals surface area contributed by atoms with Crippen molar-refractivity contribution in [1.82, 2.24) is 0 Å². The van der Waals surface area contributed by atoms with Crippen molar-refractivity contribution in [3.63, 3.8) is 0 Å². The molecule has 0 saturated heterocycles. The van der Waals surface area contributed by atoms with E-state index in [2.05, 4.69) is 17.5 Å². The van der Waals surface area contributed by atoms with Gasteiger partial charge >= 0.3 is 0 Å². The molecule has 0 bridgehead atoms. The highest BCUT2D eigenvalue weighted by atomic mass is 35.5. The van der Waals surface area contributed by atoms with Gasteiger partial charge in [0, 0.05) is 12.1 Å². The van der Waals surface area contributed by atoms with Crippen LogP contribution in [0.5, 0.6) is 11.5 Å². The molecule has 1 amide bonds. The Morgan fingerprint density at radius 2 is 2.00 bits per heavy atom. The summed E-state index contributed by atoms with van der Waals surface area (Å²) in [7, 11) is 2.95. The lowest BCUT2D eigenvalue weighted by molar-refractivity contribution is -0.115. The van der Waals surface area contributed by atoms with Crippen LogP contribution >= 0.6 is 23.8 Å². The first-order chi connectivity index (χ1) is 8.47. The number of nitrogens with two attached hydrogens (primary N) is 1. The predicted octanol–water partition coefficient (Wildman–Crippen LogP) is 1.97. The lowest BCUT2D eigenvalue weighted by Crippen LogP contribution is -2.20. The van der Waals surface area contributed by atoms with Crippen molar-refractivity contribution in [2.45, 2.75) is 6.42 Å². The topological polar surface area (TPSA) is 73.6 Å². The largest absolute Gasteiger partial charge is 0.495 e. The minimum atomic E-state index is -0.329. The molecule has 3 N–H and O–H groups in total. The van der Waals surface area contributed by atoms with Crippen molar-refractivity contribution < 1.29 is 14.3 Å². The van der Waals surface area contributed by atoms with Gasteiger partial charge in [-0.2, -0.15) is 0 Å². The summed E-state index contributed by atoms with van der Waals surface area (Å²) in [5, 5.41) is 3.02. The SMILES string of the molecule is COc1cc(NC(=O)CC(N)=S)c(OC)cc1Cl. The highest BCUT2D eigenvalue weighted by Crippen LogP contribution is 2.35. The van der Waals surface area contributed by atoms with Gasteiger partial charge in [0.15, 0.2) is 0 Å². The van der Waals surface area contributed by atoms with E-state index in [0.29, 0.717) is 22.2 Å². The molecule has 0 radical (unpaired) electrons. The molecule has 0 unspecified atom stereocenters. The highest BCUT2D eigenvalue weighted by Gasteiger charge is 2.12. The molecule has 1 aromatic rings. The van der Waals surface area contributed by atoms with E-state index in [0.717, 1.165) is 0 Å². The van der Waals surface area contributed by atoms with Crippen molar-refractivity contribution in [2.24, 2.45) is 5.73 Å². The smallest absolute Gasteiger partial charge is 0.231 e. The number of amides is 1. The number of carbonyl (C=O) groups is 1. The van der Waals surface area contributed by atoms with Crippen LogP contribution in [0.3, 0.4) is 0 Å². The quantitative estimate of drug-likeness (QED) is 0.811. The Morgan fingerprint density at radius 1 is 1.39 bits per heavy atom. The molecule has 0 saturated carbocycles. The number of thiocarbonyl (C=S) groups is 1. The highest BCUT2D eigenvalue weighted by molar-refractivity contribution is 7.80. The fourth-order valence-electron chi connectivity index (χ4n) is 1.31. The van der Waals surface area contributed by atoms with Crippen molar-refractivity contribution in [3.8, 4) is 11.5 Å². The number of methoxy groups -OCH3 is 2. The normalized spacial score (nSPS) is 9.72. The summed E-state index contributed by atoms with van der Waals surface area (Å²) < 4.78 is 10.2. The van der Waals surface area contributed by atoms with Gasteiger partial charge in [0.1, 0.15) is 11.5 Å². The maximum absolute atomic E-state index is 11.6. The van der Waals surface area contributed by atoms with Gasteiger partial charge in [0.25, 0.3) is 0 Å². The fourth-order valence-corrected chi connectivity index (χ4v) is 1.67. The molecule has 1 aromatic carbocycles. The summed E-state index contributed by atoms with van der Waals surface area (Å²) in [6.45, 7) is 0. The van der Waals surface area contributed by atoms with Gasteiger partial charge in [-0.25, -0.2) is 0 Å². The van der Waals surface area contributed by atoms with Crippen molar-refractivity contribution >= 4 is 40.4 Å². The zero-order valence-corrected chi connectivity index (χ0v) is 11.5. The summed E-state index contributed by atoms with van der Waals surface area (Å²) in [4.78, 5) is 11.7. The van der Waals surface area contributed by atoms with Crippen molar-refractivity contribution in [2.75, 3.05) is 19.5 Å². The molecule has 18 heavy (non-hydrogen) atoms. The number of rotatable bonds is 5. The first-order valence-corrected chi connectivity index (χ1v) is 5.76. The number of carbonyl (C=O) groups excluding carboxylic acids is 1. The van der Waals surface area contributed by atoms with E-state index in [1.165, 1.54) is 14.2 Å². The van der Waals surface area contributed by atoms with Gasteiger partial charge in [-0.3, -0.25) is 4.79 Å². The van der Waals surface area contributed by atoms with Crippen LogP contribution in [0.25, 0.3) is 0 Å². The molecule has 0 aliphatic carbocycles. The molecule has 0 aliphatic rings. The third kappa shape index (κ3) is 3.75. The molecule has 0 spiro atoms. The van der Waals surface area contributed by atoms with Gasteiger partial charge in [-0.05, 0) is 0 Å². The van der Waals surface area contributed by atoms with Gasteiger partial charge < -0.3 is 20.5 Å². The Hall–Kier alpha value is -1.53. The first-order valence-electron chi connectivity index (χ1n) is 4.97. The average molecular weight is 289 g/mol. The van der Waals surface area contributed by atoms with Crippen LogP contribution in [0.2, 0.25) is 5.02 Å². The van der Waals surface area contributed by atoms with Crippen LogP contribution in [-0.4, -0.2) is 25.1 Å². The second kappa shape index (κ2) is 6.42. The summed E-state index contributed by atoms with van der Waals surface area (Å²) >= 11 is 10.6. The number of nitrogens with one attached hydrogen (secondary N) is 1. The molecule has 5 nitrogen and oxygen atoms in total. The van der Waals surface area contributed by atoms with Crippen LogP contribution in [0.1, 0.15) is 6.42 Å². The number of benzene rings is 1. The zero-order valence-electron chi connectivity index (χ0n) is 9.95. The zero-order chi connectivity index (χ0) is 13.7. The van der Waals surface area contributed by atoms with Crippen LogP contribution in [-0.2, 0) is 4.79 Å². The lowest BCUT2D eigenvalue weighted by Gasteiger charge is -2.12. The molecule has 0 aromatic heterocycles. The monoisotopic (exact) mass is 288 g/mol. The molecular weight excluding hydrogens is 276 g/mol. The molecule has 0 heterocycles. The van der Waals surface area contributed by atoms with Crippen molar-refractivity contribution in [3.05, 3.63) is 17.2 Å². The van der Waals surface area contributed by atoms with Crippen LogP contribution in [0.15, 0.2) is 12.1 Å². The number of hydrogen-bond donors (Lipinski definition) is 2. The van der Waals surface area contributed by atoms with Crippen LogP contribution < -0.4 is 20.5 Å². The summed E-state index contributed by atoms with van der Waals surface area (Å²) in [5.74, 6) is 0.533. The predicted molar refractivity (Wildman–Crippen MR) is 74.6 cm³/mol. The Labute approximate surface area is 115 Å². The van der Waals surface area contributed by atoms with E-state index < -0.39 is 0 Å². The van der Waals surface area contributed by atoms with Gasteiger partial charge in [0.05, 0.1) is 36.3 Å². The Kier molecular flexibility index (Phi) is 5.18. The van der Waals surface area contributed by atoms with E-state index in [1.54, 1.807) is 12.1 Å². The fraction of sp³-hybridized carbons (Fsp3) is 0.273. The molecular formula is C11H13ClN2O3S. The number of hydrogen-bond acceptors (Lipinski definition) is 4. The van der Waals surface area contributed by atoms with Gasteiger partial charge in [-0.1, -0.05) is 23.8 Å². The average Bonchev–Trinajstić information content (AvgIpc) is 2.29. The minimum Gasteiger partial charge on any atom is -0.495 e. The van der Waals surface area contributed by atoms with Gasteiger partial charge in [0.2, 0.25) is 5.91 Å². The third-order valence-electron chi connectivity index (χ3n) is 2.08. The third-order valence-corrected chi connectivity index (χ3v) is 2.52. The summed E-state index contributed by atoms with van der Waals surface area (Å²) in [6.07, 6.45) is -0.0383. The minimum absolute atomic E-state index is 0.0383. The van der Waals surface area contributed by atoms with Gasteiger partial charge in [-0.15, -0.1) is 0 Å². The standard InChI is InChI=1S/C11H13ClN2O3S/c1-16-8-4-7(9(17-2)3-6(8)12)14-11(15)5-10(13)18/h3-4H,5H2,1-2H3,(H2,13,18)(H,14,15). The summed E-state index contributed by atoms with van der Waals surface area (Å²) in [6, 6.07) is 3.12. The second-order valence-corrected chi connectivity index (χ2v) is 4.31. The van der Waals surface area contributed by atoms with E-state index >= 15 is 0 Å². The lowest BCUT2D eigenvalue weighted by atomic mass is 10.2. The molecule has 0 atom stereocenters. The Bertz CT molecular complexity index is 480. The first kappa shape index (κ1) is 14.5. The van der Waals surface area contributed by atoms with Crippen LogP contribution in [0, 0.1) is 0 Å².